The molecule has 1 aromatic carbocycles. The molecule has 0 aliphatic rings. The molecular formula is C12H16N2O5. The van der Waals surface area contributed by atoms with E-state index in [0.29, 0.717) is 13.0 Å². The number of carbonyl (C=O) groups is 1. The first-order chi connectivity index (χ1) is 9.04. The van der Waals surface area contributed by atoms with E-state index in [1.807, 2.05) is 0 Å². The Labute approximate surface area is 110 Å². The van der Waals surface area contributed by atoms with Crippen molar-refractivity contribution in [1.29, 1.82) is 0 Å². The molecule has 0 heterocycles. The zero-order valence-corrected chi connectivity index (χ0v) is 10.5. The van der Waals surface area contributed by atoms with Gasteiger partial charge in [0.1, 0.15) is 6.04 Å². The van der Waals surface area contributed by atoms with Gasteiger partial charge in [0.05, 0.1) is 11.5 Å². The van der Waals surface area contributed by atoms with Crippen molar-refractivity contribution in [3.05, 3.63) is 39.9 Å². The summed E-state index contributed by atoms with van der Waals surface area (Å²) in [6, 6.07) is 5.43. The number of hydrogen-bond donors (Lipinski definition) is 2. The second-order valence-electron chi connectivity index (χ2n) is 3.97. The van der Waals surface area contributed by atoms with E-state index in [0.717, 1.165) is 5.56 Å². The number of aliphatic carboxylic acids is 1. The summed E-state index contributed by atoms with van der Waals surface area (Å²) < 4.78 is 4.79. The normalized spacial score (nSPS) is 12.1. The molecule has 1 atom stereocenters. The Morgan fingerprint density at radius 1 is 1.47 bits per heavy atom. The Morgan fingerprint density at radius 2 is 2.11 bits per heavy atom. The summed E-state index contributed by atoms with van der Waals surface area (Å²) in [5.41, 5.74) is 0.944. The van der Waals surface area contributed by atoms with E-state index in [-0.39, 0.29) is 12.3 Å². The van der Waals surface area contributed by atoms with Crippen LogP contribution in [0.2, 0.25) is 0 Å². The van der Waals surface area contributed by atoms with Crippen molar-refractivity contribution in [3.63, 3.8) is 0 Å². The van der Waals surface area contributed by atoms with Crippen LogP contribution in [0.1, 0.15) is 5.56 Å². The van der Waals surface area contributed by atoms with Gasteiger partial charge in [0.15, 0.2) is 0 Å². The van der Waals surface area contributed by atoms with Crippen molar-refractivity contribution in [3.8, 4) is 0 Å². The van der Waals surface area contributed by atoms with Crippen LogP contribution in [0.4, 0.5) is 5.69 Å². The number of nitrogens with one attached hydrogen (secondary N) is 1. The fraction of sp³-hybridized carbons (Fsp3) is 0.417. The number of methoxy groups -OCH3 is 1. The van der Waals surface area contributed by atoms with Crippen LogP contribution >= 0.6 is 0 Å². The van der Waals surface area contributed by atoms with Gasteiger partial charge < -0.3 is 15.2 Å². The molecule has 104 valence electrons. The first-order valence-electron chi connectivity index (χ1n) is 5.73. The third-order valence-corrected chi connectivity index (χ3v) is 2.58. The van der Waals surface area contributed by atoms with E-state index < -0.39 is 16.9 Å². The SMILES string of the molecule is COCC(NCCc1ccc([N+](=O)[O-])cc1)C(=O)O. The molecule has 0 radical (unpaired) electrons. The Kier molecular flexibility index (Phi) is 5.91. The number of hydrogen-bond acceptors (Lipinski definition) is 5. The molecule has 1 unspecified atom stereocenters. The van der Waals surface area contributed by atoms with Crippen LogP contribution in [0, 0.1) is 10.1 Å². The number of rotatable bonds is 8. The van der Waals surface area contributed by atoms with Gasteiger partial charge in [-0.2, -0.15) is 0 Å². The van der Waals surface area contributed by atoms with Crippen molar-refractivity contribution in [2.24, 2.45) is 0 Å². The van der Waals surface area contributed by atoms with E-state index in [9.17, 15) is 14.9 Å². The molecule has 0 aromatic heterocycles. The number of carboxylic acid groups (broad SMARTS) is 1. The number of benzene rings is 1. The molecule has 0 amide bonds. The van der Waals surface area contributed by atoms with Gasteiger partial charge in [-0.15, -0.1) is 0 Å². The monoisotopic (exact) mass is 268 g/mol. The predicted octanol–water partition coefficient (Wildman–Crippen LogP) is 0.827. The van der Waals surface area contributed by atoms with Gasteiger partial charge in [-0.05, 0) is 12.0 Å². The van der Waals surface area contributed by atoms with Crippen LogP contribution in [-0.4, -0.2) is 42.3 Å². The summed E-state index contributed by atoms with van der Waals surface area (Å²) in [7, 11) is 1.44. The lowest BCUT2D eigenvalue weighted by Gasteiger charge is -2.13. The molecular weight excluding hydrogens is 252 g/mol. The molecule has 19 heavy (non-hydrogen) atoms. The summed E-state index contributed by atoms with van der Waals surface area (Å²) in [6.45, 7) is 0.549. The maximum absolute atomic E-state index is 10.8. The summed E-state index contributed by atoms with van der Waals surface area (Å²) in [4.78, 5) is 20.9. The lowest BCUT2D eigenvalue weighted by atomic mass is 10.1. The second-order valence-corrected chi connectivity index (χ2v) is 3.97. The van der Waals surface area contributed by atoms with E-state index in [2.05, 4.69) is 5.32 Å². The number of nitro benzene ring substituents is 1. The number of ether oxygens (including phenoxy) is 1. The summed E-state index contributed by atoms with van der Waals surface area (Å²) in [5.74, 6) is -0.967. The van der Waals surface area contributed by atoms with Gasteiger partial charge in [0.25, 0.3) is 5.69 Å². The minimum Gasteiger partial charge on any atom is -0.480 e. The number of non-ortho nitro benzene ring substituents is 1. The number of nitrogens with zero attached hydrogens (tertiary/aromatic N) is 1. The van der Waals surface area contributed by atoms with Gasteiger partial charge in [0.2, 0.25) is 0 Å². The molecule has 0 aliphatic carbocycles. The molecule has 7 heteroatoms. The van der Waals surface area contributed by atoms with Gasteiger partial charge in [-0.25, -0.2) is 0 Å². The molecule has 1 aromatic rings. The largest absolute Gasteiger partial charge is 0.480 e. The molecule has 7 nitrogen and oxygen atoms in total. The minimum absolute atomic E-state index is 0.0412. The first kappa shape index (κ1) is 15.1. The van der Waals surface area contributed by atoms with Crippen molar-refractivity contribution >= 4 is 11.7 Å². The molecule has 0 spiro atoms. The first-order valence-corrected chi connectivity index (χ1v) is 5.73. The fourth-order valence-corrected chi connectivity index (χ4v) is 1.56. The molecule has 2 N–H and O–H groups in total. The predicted molar refractivity (Wildman–Crippen MR) is 68.1 cm³/mol. The van der Waals surface area contributed by atoms with Crippen LogP contribution < -0.4 is 5.32 Å². The Hall–Kier alpha value is -1.99. The molecule has 0 saturated carbocycles. The maximum atomic E-state index is 10.8. The van der Waals surface area contributed by atoms with Gasteiger partial charge in [-0.3, -0.25) is 14.9 Å². The number of carboxylic acids is 1. The fourth-order valence-electron chi connectivity index (χ4n) is 1.56. The van der Waals surface area contributed by atoms with Crippen LogP contribution in [-0.2, 0) is 16.0 Å². The second kappa shape index (κ2) is 7.45. The zero-order chi connectivity index (χ0) is 14.3. The lowest BCUT2D eigenvalue weighted by molar-refractivity contribution is -0.384. The minimum atomic E-state index is -0.967. The Morgan fingerprint density at radius 3 is 2.58 bits per heavy atom. The third-order valence-electron chi connectivity index (χ3n) is 2.58. The zero-order valence-electron chi connectivity index (χ0n) is 10.5. The van der Waals surface area contributed by atoms with Crippen LogP contribution in [0.5, 0.6) is 0 Å². The van der Waals surface area contributed by atoms with Crippen molar-refractivity contribution in [2.45, 2.75) is 12.5 Å². The molecule has 0 aliphatic heterocycles. The quantitative estimate of drug-likeness (QED) is 0.534. The van der Waals surface area contributed by atoms with E-state index in [1.165, 1.54) is 19.2 Å². The Bertz CT molecular complexity index is 432. The average Bonchev–Trinajstić information content (AvgIpc) is 2.38. The smallest absolute Gasteiger partial charge is 0.323 e. The van der Waals surface area contributed by atoms with Crippen molar-refractivity contribution in [1.82, 2.24) is 5.32 Å². The summed E-state index contributed by atoms with van der Waals surface area (Å²) in [6.07, 6.45) is 0.589. The highest BCUT2D eigenvalue weighted by molar-refractivity contribution is 5.73. The molecule has 0 saturated heterocycles. The van der Waals surface area contributed by atoms with E-state index in [1.54, 1.807) is 12.1 Å². The van der Waals surface area contributed by atoms with Crippen LogP contribution in [0.25, 0.3) is 0 Å². The van der Waals surface area contributed by atoms with Crippen molar-refractivity contribution in [2.75, 3.05) is 20.3 Å². The lowest BCUT2D eigenvalue weighted by Crippen LogP contribution is -2.41. The average molecular weight is 268 g/mol. The topological polar surface area (TPSA) is 102 Å². The van der Waals surface area contributed by atoms with E-state index >= 15 is 0 Å². The standard InChI is InChI=1S/C12H16N2O5/c1-19-8-11(12(15)16)13-7-6-9-2-4-10(5-3-9)14(17)18/h2-5,11,13H,6-8H2,1H3,(H,15,16). The molecule has 1 rings (SSSR count). The van der Waals surface area contributed by atoms with Gasteiger partial charge in [0, 0.05) is 25.8 Å². The van der Waals surface area contributed by atoms with Crippen molar-refractivity contribution < 1.29 is 19.6 Å². The summed E-state index contributed by atoms with van der Waals surface area (Å²) in [5, 5.41) is 22.2. The van der Waals surface area contributed by atoms with Gasteiger partial charge in [-0.1, -0.05) is 12.1 Å². The maximum Gasteiger partial charge on any atom is 0.323 e. The van der Waals surface area contributed by atoms with Crippen LogP contribution in [0.3, 0.4) is 0 Å². The molecule has 0 fully saturated rings. The number of nitro groups is 1. The van der Waals surface area contributed by atoms with Crippen LogP contribution in [0.15, 0.2) is 24.3 Å². The van der Waals surface area contributed by atoms with E-state index in [4.69, 9.17) is 9.84 Å². The highest BCUT2D eigenvalue weighted by Gasteiger charge is 2.15. The highest BCUT2D eigenvalue weighted by atomic mass is 16.6. The summed E-state index contributed by atoms with van der Waals surface area (Å²) >= 11 is 0. The third kappa shape index (κ3) is 5.02. The molecule has 0 bridgehead atoms. The highest BCUT2D eigenvalue weighted by Crippen LogP contribution is 2.11. The Balaban J connectivity index is 2.43. The van der Waals surface area contributed by atoms with Gasteiger partial charge >= 0.3 is 5.97 Å².